The molecule has 2 amide bonds. The van der Waals surface area contributed by atoms with Crippen LogP contribution in [0.5, 0.6) is 0 Å². The van der Waals surface area contributed by atoms with E-state index in [4.69, 9.17) is 33.9 Å². The summed E-state index contributed by atoms with van der Waals surface area (Å²) >= 11 is 0. The third-order valence-corrected chi connectivity index (χ3v) is 7.26. The first-order chi connectivity index (χ1) is 26.4. The number of carboxylic acid groups (broad SMARTS) is 3. The van der Waals surface area contributed by atoms with Crippen LogP contribution in [-0.4, -0.2) is 142 Å². The van der Waals surface area contributed by atoms with Gasteiger partial charge in [0.05, 0.1) is 88.2 Å². The molecule has 0 fully saturated rings. The molecular formula is C31H46N8O16. The summed E-state index contributed by atoms with van der Waals surface area (Å²) < 4.78 is 28.8. The van der Waals surface area contributed by atoms with Crippen LogP contribution in [0.1, 0.15) is 37.8 Å². The van der Waals surface area contributed by atoms with Gasteiger partial charge in [0.1, 0.15) is 23.5 Å². The number of hydrogen-bond donors (Lipinski definition) is 6. The first-order valence-electron chi connectivity index (χ1n) is 17.1. The molecule has 0 unspecified atom stereocenters. The predicted octanol–water partition coefficient (Wildman–Crippen LogP) is 1.03. The molecule has 1 aromatic heterocycles. The topological polar surface area (TPSA) is 328 Å². The van der Waals surface area contributed by atoms with E-state index >= 15 is 0 Å². The number of rotatable bonds is 32. The Hall–Kier alpha value is -5.56. The van der Waals surface area contributed by atoms with Crippen molar-refractivity contribution in [3.05, 3.63) is 50.3 Å². The van der Waals surface area contributed by atoms with Crippen molar-refractivity contribution >= 4 is 41.0 Å². The Morgan fingerprint density at radius 2 is 1.33 bits per heavy atom. The lowest BCUT2D eigenvalue weighted by molar-refractivity contribution is -0.393. The minimum absolute atomic E-state index is 0.0597. The number of hydrogen-bond acceptors (Lipinski definition) is 16. The Bertz CT molecular complexity index is 1530. The van der Waals surface area contributed by atoms with Crippen LogP contribution in [-0.2, 0) is 51.2 Å². The molecule has 2 aromatic rings. The number of anilines is 1. The maximum Gasteiger partial charge on any atom is 0.326 e. The number of nitro groups is 2. The standard InChI is InChI=1S/C31H46N8O16/c40-28(41)7-6-26(30(44)45)34-31(46)33-25(29(42)43)3-1-2-9-37-20-22(35-36-37)21-55-18-17-54-16-15-53-14-13-52-12-11-51-10-8-32-24-5-4-23(38(47)48)19-27(24)39(49)50/h4-5,19-20,25-26,32H,1-3,6-18,21H2,(H,40,41)(H,42,43)(H,44,45)(H2,33,34,46)/t25-,26-/m0/s1. The molecule has 0 radical (unpaired) electrons. The number of amides is 2. The lowest BCUT2D eigenvalue weighted by atomic mass is 10.1. The van der Waals surface area contributed by atoms with E-state index in [9.17, 15) is 44.5 Å². The fraction of sp³-hybridized carbons (Fsp3) is 0.613. The van der Waals surface area contributed by atoms with E-state index in [1.165, 1.54) is 12.1 Å². The highest BCUT2D eigenvalue weighted by Gasteiger charge is 2.25. The van der Waals surface area contributed by atoms with Crippen LogP contribution in [0.25, 0.3) is 0 Å². The molecule has 55 heavy (non-hydrogen) atoms. The zero-order chi connectivity index (χ0) is 40.4. The van der Waals surface area contributed by atoms with Crippen molar-refractivity contribution in [1.82, 2.24) is 25.6 Å². The molecule has 0 bridgehead atoms. The van der Waals surface area contributed by atoms with Gasteiger partial charge in [0.25, 0.3) is 11.4 Å². The maximum atomic E-state index is 12.1. The summed E-state index contributed by atoms with van der Waals surface area (Å²) in [5.74, 6) is -3.97. The largest absolute Gasteiger partial charge is 0.481 e. The third kappa shape index (κ3) is 19.9. The number of nitrogens with one attached hydrogen (secondary N) is 3. The fourth-order valence-electron chi connectivity index (χ4n) is 4.53. The van der Waals surface area contributed by atoms with Gasteiger partial charge < -0.3 is 55.0 Å². The van der Waals surface area contributed by atoms with E-state index in [1.807, 2.05) is 0 Å². The van der Waals surface area contributed by atoms with Crippen LogP contribution < -0.4 is 16.0 Å². The molecule has 1 aromatic carbocycles. The first-order valence-corrected chi connectivity index (χ1v) is 17.1. The number of ether oxygens (including phenoxy) is 5. The second-order valence-electron chi connectivity index (χ2n) is 11.4. The second-order valence-corrected chi connectivity index (χ2v) is 11.4. The summed E-state index contributed by atoms with van der Waals surface area (Å²) in [6.45, 7) is 3.74. The van der Waals surface area contributed by atoms with E-state index in [1.54, 1.807) is 10.9 Å². The summed E-state index contributed by atoms with van der Waals surface area (Å²) in [6, 6.07) is -0.440. The number of urea groups is 1. The number of nitrogens with zero attached hydrogens (tertiary/aromatic N) is 5. The summed E-state index contributed by atoms with van der Waals surface area (Å²) in [6.07, 6.45) is 1.80. The van der Waals surface area contributed by atoms with Crippen LogP contribution >= 0.6 is 0 Å². The van der Waals surface area contributed by atoms with Crippen LogP contribution in [0.2, 0.25) is 0 Å². The number of carboxylic acids is 3. The summed E-state index contributed by atoms with van der Waals surface area (Å²) in [4.78, 5) is 66.2. The molecule has 306 valence electrons. The highest BCUT2D eigenvalue weighted by molar-refractivity contribution is 5.86. The lowest BCUT2D eigenvalue weighted by Gasteiger charge is -2.18. The van der Waals surface area contributed by atoms with Crippen LogP contribution in [0.3, 0.4) is 0 Å². The van der Waals surface area contributed by atoms with Gasteiger partial charge in [-0.3, -0.25) is 29.7 Å². The average molecular weight is 787 g/mol. The maximum absolute atomic E-state index is 12.1. The van der Waals surface area contributed by atoms with Crippen molar-refractivity contribution in [3.63, 3.8) is 0 Å². The normalized spacial score (nSPS) is 12.1. The third-order valence-electron chi connectivity index (χ3n) is 7.26. The van der Waals surface area contributed by atoms with Crippen molar-refractivity contribution in [2.45, 2.75) is 57.3 Å². The SMILES string of the molecule is O=C(O)CC[C@H](NC(=O)N[C@@H](CCCCn1cc(COCCOCCOCCOCCOCCNc2ccc([N+](=O)[O-])cc2[N+](=O)[O-])nn1)C(=O)O)C(=O)O. The number of aliphatic carboxylic acids is 3. The zero-order valence-electron chi connectivity index (χ0n) is 29.9. The summed E-state index contributed by atoms with van der Waals surface area (Å²) in [5.41, 5.74) is -0.0291. The number of aryl methyl sites for hydroxylation is 1. The van der Waals surface area contributed by atoms with Gasteiger partial charge in [0, 0.05) is 25.6 Å². The van der Waals surface area contributed by atoms with Crippen molar-refractivity contribution in [1.29, 1.82) is 0 Å². The summed E-state index contributed by atoms with van der Waals surface area (Å²) in [5, 5.41) is 64.4. The molecule has 24 heteroatoms. The van der Waals surface area contributed by atoms with Gasteiger partial charge in [-0.05, 0) is 31.7 Å². The Morgan fingerprint density at radius 1 is 0.764 bits per heavy atom. The molecular weight excluding hydrogens is 740 g/mol. The highest BCUT2D eigenvalue weighted by atomic mass is 16.6. The number of non-ortho nitro benzene ring substituents is 1. The number of aromatic nitrogens is 3. The molecule has 0 aliphatic heterocycles. The van der Waals surface area contributed by atoms with E-state index in [0.717, 1.165) is 6.07 Å². The molecule has 0 spiro atoms. The smallest absolute Gasteiger partial charge is 0.326 e. The Morgan fingerprint density at radius 3 is 1.87 bits per heavy atom. The number of unbranched alkanes of at least 4 members (excludes halogenated alkanes) is 1. The average Bonchev–Trinajstić information content (AvgIpc) is 3.59. The van der Waals surface area contributed by atoms with E-state index < -0.39 is 58.0 Å². The number of carbonyl (C=O) groups excluding carboxylic acids is 1. The van der Waals surface area contributed by atoms with Gasteiger partial charge in [-0.25, -0.2) is 14.4 Å². The number of benzene rings is 1. The molecule has 2 rings (SSSR count). The van der Waals surface area contributed by atoms with Gasteiger partial charge >= 0.3 is 23.9 Å². The van der Waals surface area contributed by atoms with Gasteiger partial charge in [0.15, 0.2) is 0 Å². The molecule has 24 nitrogen and oxygen atoms in total. The van der Waals surface area contributed by atoms with Crippen molar-refractivity contribution in [2.75, 3.05) is 71.3 Å². The number of nitro benzene ring substituents is 2. The molecule has 1 heterocycles. The molecule has 0 aliphatic carbocycles. The highest BCUT2D eigenvalue weighted by Crippen LogP contribution is 2.28. The monoisotopic (exact) mass is 786 g/mol. The molecule has 2 atom stereocenters. The van der Waals surface area contributed by atoms with E-state index in [0.29, 0.717) is 77.9 Å². The van der Waals surface area contributed by atoms with Crippen LogP contribution in [0, 0.1) is 20.2 Å². The predicted molar refractivity (Wildman–Crippen MR) is 186 cm³/mol. The minimum Gasteiger partial charge on any atom is -0.481 e. The minimum atomic E-state index is -1.48. The quantitative estimate of drug-likeness (QED) is 0.0342. The molecule has 0 aliphatic rings. The number of carbonyl (C=O) groups is 4. The van der Waals surface area contributed by atoms with Crippen LogP contribution in [0.4, 0.5) is 21.9 Å². The fourth-order valence-corrected chi connectivity index (χ4v) is 4.53. The van der Waals surface area contributed by atoms with Crippen molar-refractivity contribution in [3.8, 4) is 0 Å². The first kappa shape index (κ1) is 45.6. The summed E-state index contributed by atoms with van der Waals surface area (Å²) in [7, 11) is 0. The van der Waals surface area contributed by atoms with Gasteiger partial charge in [0.2, 0.25) is 0 Å². The molecule has 6 N–H and O–H groups in total. The van der Waals surface area contributed by atoms with Gasteiger partial charge in [-0.1, -0.05) is 5.21 Å². The Kier molecular flexibility index (Phi) is 21.8. The van der Waals surface area contributed by atoms with Gasteiger partial charge in [-0.15, -0.1) is 5.10 Å². The Labute approximate surface area is 313 Å². The molecule has 0 saturated heterocycles. The Balaban J connectivity index is 1.43. The second kappa shape index (κ2) is 26.3. The van der Waals surface area contributed by atoms with Gasteiger partial charge in [-0.2, -0.15) is 0 Å². The van der Waals surface area contributed by atoms with E-state index in [2.05, 4.69) is 26.3 Å². The lowest BCUT2D eigenvalue weighted by Crippen LogP contribution is -2.51. The zero-order valence-corrected chi connectivity index (χ0v) is 29.9. The van der Waals surface area contributed by atoms with Crippen LogP contribution in [0.15, 0.2) is 24.4 Å². The molecule has 0 saturated carbocycles. The van der Waals surface area contributed by atoms with Crippen molar-refractivity contribution < 1.29 is 68.0 Å². The van der Waals surface area contributed by atoms with Crippen molar-refractivity contribution in [2.24, 2.45) is 0 Å². The van der Waals surface area contributed by atoms with E-state index in [-0.39, 0.29) is 44.0 Å².